The van der Waals surface area contributed by atoms with Gasteiger partial charge in [0.2, 0.25) is 0 Å². The lowest BCUT2D eigenvalue weighted by atomic mass is 10.1. The molecule has 0 saturated carbocycles. The van der Waals surface area contributed by atoms with Crippen LogP contribution in [0, 0.1) is 11.8 Å². The van der Waals surface area contributed by atoms with Crippen LogP contribution in [-0.2, 0) is 0 Å². The lowest BCUT2D eigenvalue weighted by molar-refractivity contribution is 0.616. The van der Waals surface area contributed by atoms with Crippen molar-refractivity contribution in [3.63, 3.8) is 0 Å². The minimum Gasteiger partial charge on any atom is -0.0985 e. The van der Waals surface area contributed by atoms with Crippen LogP contribution in [0.1, 0.15) is 71.1 Å². The zero-order valence-corrected chi connectivity index (χ0v) is 12.9. The maximum Gasteiger partial charge on any atom is 0.00922 e. The number of rotatable bonds is 10. The Morgan fingerprint density at radius 1 is 0.941 bits per heavy atom. The highest BCUT2D eigenvalue weighted by atomic mass is 79.9. The fourth-order valence-corrected chi connectivity index (χ4v) is 2.01. The van der Waals surface area contributed by atoms with E-state index in [4.69, 9.17) is 0 Å². The summed E-state index contributed by atoms with van der Waals surface area (Å²) in [6, 6.07) is 0. The molecule has 0 aliphatic heterocycles. The van der Waals surface area contributed by atoms with Gasteiger partial charge in [0.05, 0.1) is 0 Å². The van der Waals surface area contributed by atoms with Crippen LogP contribution in [0.2, 0.25) is 0 Å². The monoisotopic (exact) mass is 298 g/mol. The molecule has 0 nitrogen and oxygen atoms in total. The molecule has 0 aromatic rings. The number of halogens is 1. The summed E-state index contributed by atoms with van der Waals surface area (Å²) in [6.45, 7) is 2.22. The topological polar surface area (TPSA) is 0 Å². The molecule has 0 aliphatic rings. The third kappa shape index (κ3) is 15.8. The van der Waals surface area contributed by atoms with Gasteiger partial charge in [0.1, 0.15) is 0 Å². The van der Waals surface area contributed by atoms with Crippen molar-refractivity contribution in [1.82, 2.24) is 0 Å². The van der Waals surface area contributed by atoms with Gasteiger partial charge in [-0.15, -0.1) is 0 Å². The Bertz CT molecular complexity index is 219. The predicted molar refractivity (Wildman–Crippen MR) is 82.6 cm³/mol. The fraction of sp³-hybridized carbons (Fsp3) is 0.750. The SMILES string of the molecule is CCCCC=CC#CCCCCCCCCBr. The number of alkyl halides is 1. The molecule has 0 spiro atoms. The zero-order valence-electron chi connectivity index (χ0n) is 11.3. The molecule has 0 aromatic heterocycles. The molecule has 0 aliphatic carbocycles. The summed E-state index contributed by atoms with van der Waals surface area (Å²) >= 11 is 3.46. The van der Waals surface area contributed by atoms with Crippen LogP contribution in [0.5, 0.6) is 0 Å². The van der Waals surface area contributed by atoms with E-state index in [2.05, 4.69) is 40.8 Å². The molecule has 17 heavy (non-hydrogen) atoms. The van der Waals surface area contributed by atoms with E-state index in [1.54, 1.807) is 0 Å². The van der Waals surface area contributed by atoms with Gasteiger partial charge in [-0.3, -0.25) is 0 Å². The highest BCUT2D eigenvalue weighted by Gasteiger charge is 1.89. The van der Waals surface area contributed by atoms with Crippen LogP contribution < -0.4 is 0 Å². The van der Waals surface area contributed by atoms with Crippen molar-refractivity contribution in [2.24, 2.45) is 0 Å². The third-order valence-electron chi connectivity index (χ3n) is 2.71. The molecule has 98 valence electrons. The highest BCUT2D eigenvalue weighted by molar-refractivity contribution is 9.09. The molecule has 0 saturated heterocycles. The minimum absolute atomic E-state index is 1.07. The normalized spacial score (nSPS) is 10.5. The van der Waals surface area contributed by atoms with Gasteiger partial charge in [-0.2, -0.15) is 0 Å². The van der Waals surface area contributed by atoms with Gasteiger partial charge in [-0.05, 0) is 25.3 Å². The summed E-state index contributed by atoms with van der Waals surface area (Å²) in [4.78, 5) is 0. The van der Waals surface area contributed by atoms with Crippen LogP contribution >= 0.6 is 15.9 Å². The van der Waals surface area contributed by atoms with Crippen LogP contribution in [-0.4, -0.2) is 5.33 Å². The molecule has 0 aromatic carbocycles. The molecule has 0 heterocycles. The Labute approximate surface area is 116 Å². The van der Waals surface area contributed by atoms with Gasteiger partial charge in [0.15, 0.2) is 0 Å². The average Bonchev–Trinajstić information content (AvgIpc) is 2.35. The van der Waals surface area contributed by atoms with E-state index in [1.807, 2.05) is 6.08 Å². The standard InChI is InChI=1S/C16H27Br/c1-2-3-4-5-6-7-8-9-10-11-12-13-14-15-16-17/h5-6H,2-4,9-16H2,1H3. The van der Waals surface area contributed by atoms with E-state index in [9.17, 15) is 0 Å². The Kier molecular flexibility index (Phi) is 15.6. The Morgan fingerprint density at radius 2 is 1.65 bits per heavy atom. The number of hydrogen-bond donors (Lipinski definition) is 0. The van der Waals surface area contributed by atoms with Crippen LogP contribution in [0.15, 0.2) is 12.2 Å². The summed E-state index contributed by atoms with van der Waals surface area (Å²) in [5.41, 5.74) is 0. The van der Waals surface area contributed by atoms with Crippen LogP contribution in [0.3, 0.4) is 0 Å². The largest absolute Gasteiger partial charge is 0.0985 e. The first-order chi connectivity index (χ1) is 8.41. The van der Waals surface area contributed by atoms with E-state index in [-0.39, 0.29) is 0 Å². The van der Waals surface area contributed by atoms with Gasteiger partial charge < -0.3 is 0 Å². The molecule has 1 heteroatoms. The first-order valence-electron chi connectivity index (χ1n) is 7.11. The van der Waals surface area contributed by atoms with E-state index in [0.29, 0.717) is 0 Å². The van der Waals surface area contributed by atoms with Gasteiger partial charge in [-0.25, -0.2) is 0 Å². The molecule has 0 fully saturated rings. The molecule has 0 amide bonds. The van der Waals surface area contributed by atoms with E-state index >= 15 is 0 Å². The van der Waals surface area contributed by atoms with Crippen molar-refractivity contribution in [3.8, 4) is 11.8 Å². The molecule has 0 rings (SSSR count). The average molecular weight is 299 g/mol. The summed E-state index contributed by atoms with van der Waals surface area (Å²) in [5, 5.41) is 1.16. The zero-order chi connectivity index (χ0) is 12.6. The highest BCUT2D eigenvalue weighted by Crippen LogP contribution is 2.07. The first kappa shape index (κ1) is 16.8. The van der Waals surface area contributed by atoms with Crippen molar-refractivity contribution >= 4 is 15.9 Å². The first-order valence-corrected chi connectivity index (χ1v) is 8.23. The lowest BCUT2D eigenvalue weighted by Gasteiger charge is -1.97. The van der Waals surface area contributed by atoms with Crippen molar-refractivity contribution in [2.45, 2.75) is 71.1 Å². The molecule has 0 unspecified atom stereocenters. The molecular formula is C16H27Br. The Hall–Kier alpha value is -0.220. The van der Waals surface area contributed by atoms with Crippen molar-refractivity contribution in [3.05, 3.63) is 12.2 Å². The fourth-order valence-electron chi connectivity index (χ4n) is 1.61. The molecule has 0 bridgehead atoms. The quantitative estimate of drug-likeness (QED) is 0.269. The van der Waals surface area contributed by atoms with Gasteiger partial charge in [-0.1, -0.05) is 79.3 Å². The van der Waals surface area contributed by atoms with E-state index in [1.165, 1.54) is 57.8 Å². The van der Waals surface area contributed by atoms with E-state index < -0.39 is 0 Å². The molecule has 0 radical (unpaired) electrons. The molecular weight excluding hydrogens is 272 g/mol. The van der Waals surface area contributed by atoms with Crippen molar-refractivity contribution < 1.29 is 0 Å². The molecule has 0 atom stereocenters. The molecule has 0 N–H and O–H groups in total. The second-order valence-electron chi connectivity index (χ2n) is 4.43. The van der Waals surface area contributed by atoms with Crippen LogP contribution in [0.4, 0.5) is 0 Å². The maximum absolute atomic E-state index is 3.46. The summed E-state index contributed by atoms with van der Waals surface area (Å²) < 4.78 is 0. The summed E-state index contributed by atoms with van der Waals surface area (Å²) in [5.74, 6) is 6.34. The van der Waals surface area contributed by atoms with Crippen molar-refractivity contribution in [1.29, 1.82) is 0 Å². The minimum atomic E-state index is 1.07. The smallest absolute Gasteiger partial charge is 0.00922 e. The summed E-state index contributed by atoms with van der Waals surface area (Å²) in [7, 11) is 0. The lowest BCUT2D eigenvalue weighted by Crippen LogP contribution is -1.80. The maximum atomic E-state index is 3.46. The van der Waals surface area contributed by atoms with Gasteiger partial charge >= 0.3 is 0 Å². The van der Waals surface area contributed by atoms with Crippen molar-refractivity contribution in [2.75, 3.05) is 5.33 Å². The van der Waals surface area contributed by atoms with Crippen LogP contribution in [0.25, 0.3) is 0 Å². The Morgan fingerprint density at radius 3 is 2.35 bits per heavy atom. The number of allylic oxidation sites excluding steroid dienone is 2. The second kappa shape index (κ2) is 15.8. The predicted octanol–water partition coefficient (Wildman–Crippen LogP) is 5.86. The Balaban J connectivity index is 3.16. The number of unbranched alkanes of at least 4 members (excludes halogenated alkanes) is 8. The third-order valence-corrected chi connectivity index (χ3v) is 3.27. The van der Waals surface area contributed by atoms with Gasteiger partial charge in [0, 0.05) is 11.8 Å². The van der Waals surface area contributed by atoms with E-state index in [0.717, 1.165) is 11.8 Å². The van der Waals surface area contributed by atoms with Gasteiger partial charge in [0.25, 0.3) is 0 Å². The summed E-state index contributed by atoms with van der Waals surface area (Å²) in [6.07, 6.45) is 17.1. The number of hydrogen-bond acceptors (Lipinski definition) is 0. The second-order valence-corrected chi connectivity index (χ2v) is 5.22.